The maximum absolute atomic E-state index is 14.1. The molecule has 1 fully saturated rings. The second-order valence-corrected chi connectivity index (χ2v) is 4.70. The van der Waals surface area contributed by atoms with Gasteiger partial charge in [0.1, 0.15) is 11.6 Å². The summed E-state index contributed by atoms with van der Waals surface area (Å²) in [6.45, 7) is 3.56. The number of aliphatic hydroxyl groups is 1. The number of nitrogens with one attached hydrogen (secondary N) is 1. The predicted molar refractivity (Wildman–Crippen MR) is 79.1 cm³/mol. The molecule has 0 unspecified atom stereocenters. The lowest BCUT2D eigenvalue weighted by Gasteiger charge is -2.35. The molecule has 0 amide bonds. The molecular formula is C14H22ClFN2O2. The van der Waals surface area contributed by atoms with Crippen molar-refractivity contribution >= 4 is 12.4 Å². The minimum atomic E-state index is -0.238. The largest absolute Gasteiger partial charge is 0.497 e. The number of rotatable bonds is 5. The SMILES string of the molecule is COc1ccc(F)c([C@H](CCO)N2CCNCC2)c1.Cl. The van der Waals surface area contributed by atoms with E-state index in [1.165, 1.54) is 6.07 Å². The Balaban J connectivity index is 0.00000200. The van der Waals surface area contributed by atoms with Gasteiger partial charge >= 0.3 is 0 Å². The lowest BCUT2D eigenvalue weighted by atomic mass is 10.0. The highest BCUT2D eigenvalue weighted by Crippen LogP contribution is 2.29. The van der Waals surface area contributed by atoms with E-state index < -0.39 is 0 Å². The first-order chi connectivity index (χ1) is 9.26. The Morgan fingerprint density at radius 1 is 1.40 bits per heavy atom. The smallest absolute Gasteiger partial charge is 0.128 e. The summed E-state index contributed by atoms with van der Waals surface area (Å²) in [6, 6.07) is 4.69. The Kier molecular flexibility index (Phi) is 7.23. The van der Waals surface area contributed by atoms with E-state index in [2.05, 4.69) is 10.2 Å². The molecule has 20 heavy (non-hydrogen) atoms. The second kappa shape index (κ2) is 8.42. The number of hydrogen-bond donors (Lipinski definition) is 2. The van der Waals surface area contributed by atoms with Crippen LogP contribution in [-0.4, -0.2) is 49.9 Å². The molecule has 1 heterocycles. The van der Waals surface area contributed by atoms with E-state index >= 15 is 0 Å². The average molecular weight is 305 g/mol. The van der Waals surface area contributed by atoms with Crippen molar-refractivity contribution in [2.45, 2.75) is 12.5 Å². The van der Waals surface area contributed by atoms with E-state index in [0.29, 0.717) is 17.7 Å². The minimum absolute atomic E-state index is 0. The van der Waals surface area contributed by atoms with Crippen LogP contribution < -0.4 is 10.1 Å². The van der Waals surface area contributed by atoms with Crippen LogP contribution >= 0.6 is 12.4 Å². The van der Waals surface area contributed by atoms with Gasteiger partial charge in [0.2, 0.25) is 0 Å². The van der Waals surface area contributed by atoms with Crippen molar-refractivity contribution in [3.63, 3.8) is 0 Å². The summed E-state index contributed by atoms with van der Waals surface area (Å²) in [6.07, 6.45) is 0.532. The zero-order chi connectivity index (χ0) is 13.7. The molecule has 1 aliphatic heterocycles. The summed E-state index contributed by atoms with van der Waals surface area (Å²) >= 11 is 0. The van der Waals surface area contributed by atoms with Gasteiger partial charge in [0, 0.05) is 44.4 Å². The van der Waals surface area contributed by atoms with Crippen LogP contribution in [0.1, 0.15) is 18.0 Å². The number of hydrogen-bond acceptors (Lipinski definition) is 4. The van der Waals surface area contributed by atoms with Crippen LogP contribution in [0.15, 0.2) is 18.2 Å². The van der Waals surface area contributed by atoms with Crippen molar-refractivity contribution in [3.05, 3.63) is 29.6 Å². The molecule has 0 radical (unpaired) electrons. The van der Waals surface area contributed by atoms with Crippen LogP contribution in [0.5, 0.6) is 5.75 Å². The summed E-state index contributed by atoms with van der Waals surface area (Å²) in [5, 5.41) is 12.5. The Hall–Kier alpha value is -0.880. The van der Waals surface area contributed by atoms with Gasteiger partial charge < -0.3 is 15.2 Å². The summed E-state index contributed by atoms with van der Waals surface area (Å²) in [5.74, 6) is 0.409. The minimum Gasteiger partial charge on any atom is -0.497 e. The first-order valence-electron chi connectivity index (χ1n) is 6.65. The molecule has 0 aromatic heterocycles. The fourth-order valence-corrected chi connectivity index (χ4v) is 2.56. The molecule has 1 aliphatic rings. The van der Waals surface area contributed by atoms with Gasteiger partial charge in [-0.2, -0.15) is 0 Å². The van der Waals surface area contributed by atoms with Crippen LogP contribution in [0.2, 0.25) is 0 Å². The van der Waals surface area contributed by atoms with Gasteiger partial charge in [0.25, 0.3) is 0 Å². The third-order valence-corrected chi connectivity index (χ3v) is 3.56. The number of nitrogens with zero attached hydrogens (tertiary/aromatic N) is 1. The lowest BCUT2D eigenvalue weighted by molar-refractivity contribution is 0.138. The molecule has 0 aliphatic carbocycles. The highest BCUT2D eigenvalue weighted by Gasteiger charge is 2.24. The van der Waals surface area contributed by atoms with Crippen LogP contribution in [-0.2, 0) is 0 Å². The monoisotopic (exact) mass is 304 g/mol. The van der Waals surface area contributed by atoms with Crippen molar-refractivity contribution in [2.75, 3.05) is 39.9 Å². The summed E-state index contributed by atoms with van der Waals surface area (Å²) in [4.78, 5) is 2.21. The number of benzene rings is 1. The Morgan fingerprint density at radius 2 is 2.10 bits per heavy atom. The van der Waals surface area contributed by atoms with Crippen molar-refractivity contribution in [1.29, 1.82) is 0 Å². The van der Waals surface area contributed by atoms with Gasteiger partial charge in [-0.3, -0.25) is 4.90 Å². The van der Waals surface area contributed by atoms with E-state index in [9.17, 15) is 9.50 Å². The first kappa shape index (κ1) is 17.2. The standard InChI is InChI=1S/C14H21FN2O2.ClH/c1-19-11-2-3-13(15)12(10-11)14(4-9-18)17-7-5-16-6-8-17;/h2-3,10,14,16,18H,4-9H2,1H3;1H/t14-;/m0./s1. The van der Waals surface area contributed by atoms with Crippen molar-refractivity contribution in [2.24, 2.45) is 0 Å². The molecular weight excluding hydrogens is 283 g/mol. The summed E-state index contributed by atoms with van der Waals surface area (Å²) in [7, 11) is 1.57. The quantitative estimate of drug-likeness (QED) is 0.867. The Bertz CT molecular complexity index is 414. The van der Waals surface area contributed by atoms with Gasteiger partial charge in [0.15, 0.2) is 0 Å². The summed E-state index contributed by atoms with van der Waals surface area (Å²) in [5.41, 5.74) is 0.607. The van der Waals surface area contributed by atoms with Crippen LogP contribution in [0, 0.1) is 5.82 Å². The molecule has 0 spiro atoms. The molecule has 1 aromatic carbocycles. The number of aliphatic hydroxyl groups excluding tert-OH is 1. The fourth-order valence-electron chi connectivity index (χ4n) is 2.56. The van der Waals surface area contributed by atoms with E-state index in [-0.39, 0.29) is 30.9 Å². The molecule has 0 saturated carbocycles. The molecule has 0 bridgehead atoms. The average Bonchev–Trinajstić information content (AvgIpc) is 2.47. The van der Waals surface area contributed by atoms with Crippen LogP contribution in [0.3, 0.4) is 0 Å². The topological polar surface area (TPSA) is 44.7 Å². The first-order valence-corrected chi connectivity index (χ1v) is 6.65. The van der Waals surface area contributed by atoms with E-state index in [4.69, 9.17) is 4.74 Å². The molecule has 114 valence electrons. The van der Waals surface area contributed by atoms with E-state index in [1.807, 2.05) is 0 Å². The highest BCUT2D eigenvalue weighted by molar-refractivity contribution is 5.85. The number of piperazine rings is 1. The molecule has 2 rings (SSSR count). The van der Waals surface area contributed by atoms with Crippen molar-refractivity contribution < 1.29 is 14.2 Å². The molecule has 1 aromatic rings. The van der Waals surface area contributed by atoms with Crippen LogP contribution in [0.4, 0.5) is 4.39 Å². The molecule has 1 saturated heterocycles. The highest BCUT2D eigenvalue weighted by atomic mass is 35.5. The number of methoxy groups -OCH3 is 1. The number of halogens is 2. The maximum atomic E-state index is 14.1. The summed E-state index contributed by atoms with van der Waals surface area (Å²) < 4.78 is 19.2. The van der Waals surface area contributed by atoms with Gasteiger partial charge in [-0.25, -0.2) is 4.39 Å². The van der Waals surface area contributed by atoms with Crippen LogP contribution in [0.25, 0.3) is 0 Å². The van der Waals surface area contributed by atoms with Gasteiger partial charge in [-0.1, -0.05) is 0 Å². The third-order valence-electron chi connectivity index (χ3n) is 3.56. The van der Waals surface area contributed by atoms with E-state index in [0.717, 1.165) is 26.2 Å². The number of ether oxygens (including phenoxy) is 1. The molecule has 1 atom stereocenters. The van der Waals surface area contributed by atoms with Gasteiger partial charge in [-0.05, 0) is 24.6 Å². The second-order valence-electron chi connectivity index (χ2n) is 4.70. The Morgan fingerprint density at radius 3 is 2.70 bits per heavy atom. The fraction of sp³-hybridized carbons (Fsp3) is 0.571. The van der Waals surface area contributed by atoms with Crippen molar-refractivity contribution in [3.8, 4) is 5.75 Å². The normalized spacial score (nSPS) is 17.4. The lowest BCUT2D eigenvalue weighted by Crippen LogP contribution is -2.45. The van der Waals surface area contributed by atoms with Crippen molar-refractivity contribution in [1.82, 2.24) is 10.2 Å². The Labute approximate surface area is 125 Å². The van der Waals surface area contributed by atoms with E-state index in [1.54, 1.807) is 19.2 Å². The van der Waals surface area contributed by atoms with Gasteiger partial charge in [0.05, 0.1) is 7.11 Å². The predicted octanol–water partition coefficient (Wildman–Crippen LogP) is 1.58. The third kappa shape index (κ3) is 4.06. The maximum Gasteiger partial charge on any atom is 0.128 e. The molecule has 2 N–H and O–H groups in total. The zero-order valence-electron chi connectivity index (χ0n) is 11.6. The zero-order valence-corrected chi connectivity index (χ0v) is 12.5. The molecule has 6 heteroatoms. The van der Waals surface area contributed by atoms with Gasteiger partial charge in [-0.15, -0.1) is 12.4 Å². The molecule has 4 nitrogen and oxygen atoms in total.